The van der Waals surface area contributed by atoms with Crippen LogP contribution in [0, 0.1) is 13.8 Å². The van der Waals surface area contributed by atoms with Gasteiger partial charge in [0.05, 0.1) is 5.37 Å². The Morgan fingerprint density at radius 1 is 1.18 bits per heavy atom. The quantitative estimate of drug-likeness (QED) is 0.619. The summed E-state index contributed by atoms with van der Waals surface area (Å²) in [6.45, 7) is 8.62. The molecule has 0 aliphatic carbocycles. The van der Waals surface area contributed by atoms with E-state index in [1.165, 1.54) is 16.7 Å². The van der Waals surface area contributed by atoms with Crippen LogP contribution in [0.15, 0.2) is 30.4 Å². The van der Waals surface area contributed by atoms with E-state index in [0.29, 0.717) is 10.6 Å². The van der Waals surface area contributed by atoms with Crippen LogP contribution in [0.5, 0.6) is 0 Å². The third-order valence-electron chi connectivity index (χ3n) is 2.62. The van der Waals surface area contributed by atoms with Gasteiger partial charge in [-0.25, -0.2) is 0 Å². The molecule has 94 valence electrons. The van der Waals surface area contributed by atoms with E-state index in [-0.39, 0.29) is 0 Å². The molecule has 0 amide bonds. The first-order valence-electron chi connectivity index (χ1n) is 6.10. The Balaban J connectivity index is 2.85. The normalized spacial score (nSPS) is 15.1. The molecule has 0 bridgehead atoms. The van der Waals surface area contributed by atoms with Gasteiger partial charge in [-0.3, -0.25) is 0 Å². The van der Waals surface area contributed by atoms with Crippen molar-refractivity contribution in [2.75, 3.05) is 7.05 Å². The molecule has 0 heterocycles. The summed E-state index contributed by atoms with van der Waals surface area (Å²) in [4.78, 5) is 0. The third kappa shape index (κ3) is 4.57. The van der Waals surface area contributed by atoms with Crippen molar-refractivity contribution >= 4 is 11.8 Å². The Morgan fingerprint density at radius 2 is 1.76 bits per heavy atom. The molecule has 0 aliphatic rings. The second kappa shape index (κ2) is 6.87. The Hall–Kier alpha value is -0.730. The summed E-state index contributed by atoms with van der Waals surface area (Å²) >= 11 is 1.94. The van der Waals surface area contributed by atoms with E-state index in [4.69, 9.17) is 0 Å². The number of nitrogens with one attached hydrogen (secondary N) is 1. The molecule has 1 unspecified atom stereocenters. The largest absolute Gasteiger partial charge is 0.305 e. The number of aryl methyl sites for hydroxylation is 2. The van der Waals surface area contributed by atoms with Crippen LogP contribution in [0.1, 0.15) is 35.9 Å². The van der Waals surface area contributed by atoms with E-state index in [1.54, 1.807) is 0 Å². The monoisotopic (exact) mass is 249 g/mol. The lowest BCUT2D eigenvalue weighted by molar-refractivity contribution is 0.790. The van der Waals surface area contributed by atoms with E-state index >= 15 is 0 Å². The van der Waals surface area contributed by atoms with Crippen molar-refractivity contribution in [3.63, 3.8) is 0 Å². The summed E-state index contributed by atoms with van der Waals surface area (Å²) in [6, 6.07) is 6.75. The minimum atomic E-state index is 0.361. The first-order chi connectivity index (χ1) is 8.06. The number of hydrogen-bond donors (Lipinski definition) is 1. The van der Waals surface area contributed by atoms with Gasteiger partial charge in [-0.05, 0) is 40.3 Å². The van der Waals surface area contributed by atoms with Crippen LogP contribution in [0.3, 0.4) is 0 Å². The highest BCUT2D eigenvalue weighted by Gasteiger charge is 2.13. The fourth-order valence-electron chi connectivity index (χ4n) is 2.01. The Bertz CT molecular complexity index is 364. The van der Waals surface area contributed by atoms with E-state index in [1.807, 2.05) is 18.8 Å². The Kier molecular flexibility index (Phi) is 5.79. The molecular weight excluding hydrogens is 226 g/mol. The van der Waals surface area contributed by atoms with Crippen molar-refractivity contribution in [1.29, 1.82) is 0 Å². The number of rotatable bonds is 5. The van der Waals surface area contributed by atoms with Gasteiger partial charge in [0.2, 0.25) is 0 Å². The number of hydrogen-bond acceptors (Lipinski definition) is 2. The zero-order chi connectivity index (χ0) is 12.8. The molecule has 0 aromatic heterocycles. The smallest absolute Gasteiger partial charge is 0.0792 e. The second-order valence-electron chi connectivity index (χ2n) is 4.46. The van der Waals surface area contributed by atoms with Crippen molar-refractivity contribution in [3.8, 4) is 0 Å². The highest BCUT2D eigenvalue weighted by molar-refractivity contribution is 8.00. The summed E-state index contributed by atoms with van der Waals surface area (Å²) in [5.41, 5.74) is 4.03. The molecule has 2 heteroatoms. The predicted molar refractivity (Wildman–Crippen MR) is 79.6 cm³/mol. The van der Waals surface area contributed by atoms with E-state index in [2.05, 4.69) is 63.4 Å². The number of thioether (sulfide) groups is 1. The van der Waals surface area contributed by atoms with Crippen molar-refractivity contribution in [2.24, 2.45) is 0 Å². The minimum Gasteiger partial charge on any atom is -0.305 e. The van der Waals surface area contributed by atoms with E-state index < -0.39 is 0 Å². The summed E-state index contributed by atoms with van der Waals surface area (Å²) in [6.07, 6.45) is 4.35. The maximum absolute atomic E-state index is 3.39. The minimum absolute atomic E-state index is 0.361. The highest BCUT2D eigenvalue weighted by atomic mass is 32.2. The molecule has 0 aliphatic heterocycles. The SMILES string of the molecule is C/C=C/[C@@H](C)SC(NC)c1cc(C)cc(C)c1. The third-order valence-corrected chi connectivity index (χ3v) is 3.99. The van der Waals surface area contributed by atoms with Crippen LogP contribution in [-0.4, -0.2) is 12.3 Å². The van der Waals surface area contributed by atoms with Crippen LogP contribution in [0.4, 0.5) is 0 Å². The summed E-state index contributed by atoms with van der Waals surface area (Å²) in [5.74, 6) is 0. The van der Waals surface area contributed by atoms with Gasteiger partial charge >= 0.3 is 0 Å². The van der Waals surface area contributed by atoms with Crippen LogP contribution >= 0.6 is 11.8 Å². The van der Waals surface area contributed by atoms with Gasteiger partial charge in [-0.15, -0.1) is 11.8 Å². The summed E-state index contributed by atoms with van der Waals surface area (Å²) in [7, 11) is 2.03. The average Bonchev–Trinajstić information content (AvgIpc) is 2.24. The molecule has 1 N–H and O–H groups in total. The maximum Gasteiger partial charge on any atom is 0.0792 e. The Labute approximate surface area is 110 Å². The van der Waals surface area contributed by atoms with Gasteiger partial charge in [0, 0.05) is 5.25 Å². The highest BCUT2D eigenvalue weighted by Crippen LogP contribution is 2.31. The van der Waals surface area contributed by atoms with Crippen molar-refractivity contribution in [2.45, 2.75) is 38.3 Å². The lowest BCUT2D eigenvalue weighted by Gasteiger charge is -2.20. The van der Waals surface area contributed by atoms with E-state index in [0.717, 1.165) is 0 Å². The molecule has 0 saturated heterocycles. The van der Waals surface area contributed by atoms with Crippen molar-refractivity contribution in [3.05, 3.63) is 47.0 Å². The second-order valence-corrected chi connectivity index (χ2v) is 5.94. The summed E-state index contributed by atoms with van der Waals surface area (Å²) < 4.78 is 0. The number of allylic oxidation sites excluding steroid dienone is 1. The zero-order valence-corrected chi connectivity index (χ0v) is 12.3. The van der Waals surface area contributed by atoms with Gasteiger partial charge in [0.15, 0.2) is 0 Å². The topological polar surface area (TPSA) is 12.0 Å². The van der Waals surface area contributed by atoms with Crippen LogP contribution in [-0.2, 0) is 0 Å². The van der Waals surface area contributed by atoms with Crippen LogP contribution in [0.25, 0.3) is 0 Å². The predicted octanol–water partition coefficient (Wildman–Crippen LogP) is 4.22. The van der Waals surface area contributed by atoms with Gasteiger partial charge < -0.3 is 5.32 Å². The van der Waals surface area contributed by atoms with Crippen LogP contribution < -0.4 is 5.32 Å². The van der Waals surface area contributed by atoms with Gasteiger partial charge in [-0.2, -0.15) is 0 Å². The van der Waals surface area contributed by atoms with Gasteiger partial charge in [0.1, 0.15) is 0 Å². The summed E-state index contributed by atoms with van der Waals surface area (Å²) in [5, 5.41) is 4.28. The van der Waals surface area contributed by atoms with Crippen molar-refractivity contribution < 1.29 is 0 Å². The lowest BCUT2D eigenvalue weighted by atomic mass is 10.1. The fourth-order valence-corrected chi connectivity index (χ4v) is 3.11. The standard InChI is InChI=1S/C15H23NS/c1-6-7-13(4)17-15(16-5)14-9-11(2)8-12(3)10-14/h6-10,13,15-16H,1-5H3/b7-6+/t13-,15?/m1/s1. The zero-order valence-electron chi connectivity index (χ0n) is 11.4. The van der Waals surface area contributed by atoms with Gasteiger partial charge in [-0.1, -0.05) is 41.5 Å². The maximum atomic E-state index is 3.39. The molecule has 0 spiro atoms. The molecule has 1 nitrogen and oxygen atoms in total. The molecule has 0 saturated carbocycles. The van der Waals surface area contributed by atoms with Gasteiger partial charge in [0.25, 0.3) is 0 Å². The fraction of sp³-hybridized carbons (Fsp3) is 0.467. The van der Waals surface area contributed by atoms with Crippen LogP contribution in [0.2, 0.25) is 0 Å². The molecule has 1 rings (SSSR count). The molecule has 0 radical (unpaired) electrons. The van der Waals surface area contributed by atoms with Crippen molar-refractivity contribution in [1.82, 2.24) is 5.32 Å². The molecular formula is C15H23NS. The average molecular weight is 249 g/mol. The molecule has 0 fully saturated rings. The first-order valence-corrected chi connectivity index (χ1v) is 7.04. The van der Waals surface area contributed by atoms with E-state index in [9.17, 15) is 0 Å². The molecule has 17 heavy (non-hydrogen) atoms. The number of benzene rings is 1. The molecule has 2 atom stereocenters. The first kappa shape index (κ1) is 14.3. The molecule has 1 aromatic carbocycles. The lowest BCUT2D eigenvalue weighted by Crippen LogP contribution is -2.15. The Morgan fingerprint density at radius 3 is 2.24 bits per heavy atom. The molecule has 1 aromatic rings.